The van der Waals surface area contributed by atoms with Crippen LogP contribution >= 0.6 is 0 Å². The van der Waals surface area contributed by atoms with E-state index in [4.69, 9.17) is 4.74 Å². The van der Waals surface area contributed by atoms with Gasteiger partial charge in [-0.3, -0.25) is 9.89 Å². The van der Waals surface area contributed by atoms with Crippen LogP contribution < -0.4 is 9.46 Å². The lowest BCUT2D eigenvalue weighted by Gasteiger charge is -2.32. The first-order chi connectivity index (χ1) is 13.7. The monoisotopic (exact) mass is 420 g/mol. The van der Waals surface area contributed by atoms with Crippen LogP contribution in [0.15, 0.2) is 23.1 Å². The van der Waals surface area contributed by atoms with Crippen molar-refractivity contribution in [2.75, 3.05) is 19.7 Å². The minimum absolute atomic E-state index is 0.0201. The highest BCUT2D eigenvalue weighted by Crippen LogP contribution is 2.21. The molecule has 0 aliphatic carbocycles. The fraction of sp³-hybridized carbons (Fsp3) is 0.500. The Morgan fingerprint density at radius 2 is 1.93 bits per heavy atom. The number of hydrogen-bond donors (Lipinski definition) is 2. The highest BCUT2D eigenvalue weighted by atomic mass is 32.2. The Balaban J connectivity index is 1.51. The molecule has 0 spiro atoms. The van der Waals surface area contributed by atoms with Gasteiger partial charge in [0.1, 0.15) is 10.6 Å². The fourth-order valence-electron chi connectivity index (χ4n) is 3.65. The number of nitrogens with zero attached hydrogens (tertiary/aromatic N) is 2. The van der Waals surface area contributed by atoms with Crippen molar-refractivity contribution in [1.82, 2.24) is 19.8 Å². The third-order valence-electron chi connectivity index (χ3n) is 5.18. The number of benzene rings is 1. The van der Waals surface area contributed by atoms with Crippen LogP contribution in [-0.2, 0) is 14.8 Å². The van der Waals surface area contributed by atoms with E-state index in [-0.39, 0.29) is 23.5 Å². The Morgan fingerprint density at radius 1 is 1.24 bits per heavy atom. The minimum Gasteiger partial charge on any atom is -0.484 e. The number of hydrogen-bond acceptors (Lipinski definition) is 5. The highest BCUT2D eigenvalue weighted by molar-refractivity contribution is 7.89. The number of rotatable bonds is 6. The molecule has 1 aromatic heterocycles. The minimum atomic E-state index is -3.64. The molecule has 0 atom stereocenters. The van der Waals surface area contributed by atoms with Gasteiger partial charge in [-0.15, -0.1) is 0 Å². The van der Waals surface area contributed by atoms with Gasteiger partial charge in [0.15, 0.2) is 6.61 Å². The number of H-pyrrole nitrogens is 1. The molecule has 1 amide bonds. The molecule has 3 rings (SSSR count). The first-order valence-electron chi connectivity index (χ1n) is 9.69. The van der Waals surface area contributed by atoms with Gasteiger partial charge in [-0.25, -0.2) is 13.1 Å². The Bertz CT molecular complexity index is 972. The van der Waals surface area contributed by atoms with Gasteiger partial charge in [-0.05, 0) is 52.2 Å². The number of nitrogens with one attached hydrogen (secondary N) is 2. The van der Waals surface area contributed by atoms with E-state index in [1.807, 2.05) is 32.0 Å². The van der Waals surface area contributed by atoms with Crippen LogP contribution in [0.3, 0.4) is 0 Å². The van der Waals surface area contributed by atoms with Crippen molar-refractivity contribution in [1.29, 1.82) is 0 Å². The molecule has 2 heterocycles. The van der Waals surface area contributed by atoms with E-state index < -0.39 is 10.0 Å². The number of likely N-dealkylation sites (tertiary alicyclic amines) is 1. The lowest BCUT2D eigenvalue weighted by molar-refractivity contribution is -0.134. The van der Waals surface area contributed by atoms with Crippen molar-refractivity contribution in [3.8, 4) is 5.75 Å². The molecule has 1 aliphatic heterocycles. The van der Waals surface area contributed by atoms with Gasteiger partial charge >= 0.3 is 0 Å². The van der Waals surface area contributed by atoms with E-state index in [0.29, 0.717) is 43.1 Å². The normalized spacial score (nSPS) is 15.5. The molecule has 29 heavy (non-hydrogen) atoms. The smallest absolute Gasteiger partial charge is 0.260 e. The predicted octanol–water partition coefficient (Wildman–Crippen LogP) is 1.99. The lowest BCUT2D eigenvalue weighted by Crippen LogP contribution is -2.47. The Morgan fingerprint density at radius 3 is 2.52 bits per heavy atom. The molecule has 2 aromatic rings. The van der Waals surface area contributed by atoms with Crippen molar-refractivity contribution < 1.29 is 17.9 Å². The number of aromatic nitrogens is 2. The molecule has 9 heteroatoms. The second-order valence-corrected chi connectivity index (χ2v) is 9.25. The van der Waals surface area contributed by atoms with E-state index >= 15 is 0 Å². The van der Waals surface area contributed by atoms with Gasteiger partial charge in [0, 0.05) is 19.1 Å². The average molecular weight is 421 g/mol. The maximum Gasteiger partial charge on any atom is 0.260 e. The number of ether oxygens (including phenoxy) is 1. The fourth-order valence-corrected chi connectivity index (χ4v) is 5.33. The summed E-state index contributed by atoms with van der Waals surface area (Å²) in [6.07, 6.45) is 1.12. The summed E-state index contributed by atoms with van der Waals surface area (Å²) in [4.78, 5) is 14.4. The van der Waals surface area contributed by atoms with E-state index in [9.17, 15) is 13.2 Å². The van der Waals surface area contributed by atoms with E-state index in [0.717, 1.165) is 11.1 Å². The van der Waals surface area contributed by atoms with Crippen molar-refractivity contribution >= 4 is 15.9 Å². The molecular weight excluding hydrogens is 392 g/mol. The summed E-state index contributed by atoms with van der Waals surface area (Å²) in [7, 11) is -3.64. The van der Waals surface area contributed by atoms with Crippen molar-refractivity contribution in [2.45, 2.75) is 51.5 Å². The third kappa shape index (κ3) is 4.97. The SMILES string of the molecule is Cc1ccc(OCC(=O)N2CCC(NS(=O)(=O)c3c(C)n[nH]c3C)CC2)c(C)c1. The molecule has 1 saturated heterocycles. The summed E-state index contributed by atoms with van der Waals surface area (Å²) in [5.74, 6) is 0.616. The highest BCUT2D eigenvalue weighted by Gasteiger charge is 2.29. The number of aryl methyl sites for hydroxylation is 4. The van der Waals surface area contributed by atoms with Gasteiger partial charge in [-0.1, -0.05) is 17.7 Å². The summed E-state index contributed by atoms with van der Waals surface area (Å²) >= 11 is 0. The number of amides is 1. The maximum atomic E-state index is 12.7. The van der Waals surface area contributed by atoms with Crippen molar-refractivity contribution in [3.63, 3.8) is 0 Å². The number of sulfonamides is 1. The molecule has 8 nitrogen and oxygen atoms in total. The van der Waals surface area contributed by atoms with Gasteiger partial charge in [0.25, 0.3) is 5.91 Å². The molecular formula is C20H28N4O4S. The summed E-state index contributed by atoms with van der Waals surface area (Å²) < 4.78 is 33.8. The molecule has 0 saturated carbocycles. The lowest BCUT2D eigenvalue weighted by atomic mass is 10.1. The van der Waals surface area contributed by atoms with Crippen LogP contribution in [-0.4, -0.2) is 55.2 Å². The van der Waals surface area contributed by atoms with Crippen molar-refractivity contribution in [3.05, 3.63) is 40.7 Å². The van der Waals surface area contributed by atoms with E-state index in [1.54, 1.807) is 18.7 Å². The molecule has 2 N–H and O–H groups in total. The average Bonchev–Trinajstić information content (AvgIpc) is 3.00. The summed E-state index contributed by atoms with van der Waals surface area (Å²) in [5, 5.41) is 6.66. The van der Waals surface area contributed by atoms with Crippen LogP contribution in [0.25, 0.3) is 0 Å². The van der Waals surface area contributed by atoms with Crippen LogP contribution in [0.1, 0.15) is 35.4 Å². The van der Waals surface area contributed by atoms with Crippen LogP contribution in [0.4, 0.5) is 0 Å². The Labute approximate surface area is 171 Å². The molecule has 0 radical (unpaired) electrons. The van der Waals surface area contributed by atoms with Crippen LogP contribution in [0, 0.1) is 27.7 Å². The number of carbonyl (C=O) groups is 1. The van der Waals surface area contributed by atoms with Gasteiger partial charge in [0.2, 0.25) is 10.0 Å². The largest absolute Gasteiger partial charge is 0.484 e. The van der Waals surface area contributed by atoms with Gasteiger partial charge in [-0.2, -0.15) is 5.10 Å². The summed E-state index contributed by atoms with van der Waals surface area (Å²) in [6, 6.07) is 5.63. The first-order valence-corrected chi connectivity index (χ1v) is 11.2. The zero-order chi connectivity index (χ0) is 21.2. The van der Waals surface area contributed by atoms with Crippen LogP contribution in [0.2, 0.25) is 0 Å². The molecule has 0 bridgehead atoms. The Hall–Kier alpha value is -2.39. The molecule has 158 valence electrons. The van der Waals surface area contributed by atoms with Gasteiger partial charge < -0.3 is 9.64 Å². The maximum absolute atomic E-state index is 12.7. The first kappa shape index (κ1) is 21.3. The number of carbonyl (C=O) groups excluding carboxylic acids is 1. The molecule has 1 aliphatic rings. The summed E-state index contributed by atoms with van der Waals surface area (Å²) in [5.41, 5.74) is 3.11. The zero-order valence-corrected chi connectivity index (χ0v) is 18.1. The second-order valence-electron chi connectivity index (χ2n) is 7.60. The zero-order valence-electron chi connectivity index (χ0n) is 17.3. The Kier molecular flexibility index (Phi) is 6.28. The summed E-state index contributed by atoms with van der Waals surface area (Å²) in [6.45, 7) is 8.27. The van der Waals surface area contributed by atoms with E-state index in [1.165, 1.54) is 0 Å². The number of aromatic amines is 1. The van der Waals surface area contributed by atoms with Crippen molar-refractivity contribution in [2.24, 2.45) is 0 Å². The van der Waals surface area contributed by atoms with E-state index in [2.05, 4.69) is 14.9 Å². The second kappa shape index (κ2) is 8.54. The topological polar surface area (TPSA) is 104 Å². The molecule has 1 aromatic carbocycles. The van der Waals surface area contributed by atoms with Gasteiger partial charge in [0.05, 0.1) is 11.4 Å². The third-order valence-corrected chi connectivity index (χ3v) is 6.96. The number of piperidine rings is 1. The quantitative estimate of drug-likeness (QED) is 0.744. The predicted molar refractivity (Wildman–Crippen MR) is 109 cm³/mol. The molecule has 0 unspecified atom stereocenters. The molecule has 1 fully saturated rings. The standard InChI is InChI=1S/C20H28N4O4S/c1-13-5-6-18(14(2)11-13)28-12-19(25)24-9-7-17(8-10-24)23-29(26,27)20-15(3)21-22-16(20)4/h5-6,11,17,23H,7-10,12H2,1-4H3,(H,21,22). The van der Waals surface area contributed by atoms with Crippen LogP contribution in [0.5, 0.6) is 5.75 Å².